The molecule has 0 spiro atoms. The fraction of sp³-hybridized carbons (Fsp3) is 0.179. The van der Waals surface area contributed by atoms with Crippen molar-refractivity contribution >= 4 is 34.3 Å². The van der Waals surface area contributed by atoms with Crippen LogP contribution in [0.5, 0.6) is 0 Å². The molecule has 0 saturated carbocycles. The zero-order valence-corrected chi connectivity index (χ0v) is 18.7. The number of fused-ring (bicyclic) bond motifs is 2. The molecular formula is C28H22ClNO3. The molecule has 0 N–H and O–H groups in total. The van der Waals surface area contributed by atoms with Gasteiger partial charge in [0.15, 0.2) is 6.10 Å². The first-order valence-corrected chi connectivity index (χ1v) is 11.5. The second-order valence-corrected chi connectivity index (χ2v) is 8.64. The lowest BCUT2D eigenvalue weighted by molar-refractivity contribution is 0.0280. The fourth-order valence-corrected chi connectivity index (χ4v) is 4.56. The average Bonchev–Trinajstić information content (AvgIpc) is 2.86. The lowest BCUT2D eigenvalue weighted by Gasteiger charge is -2.22. The molecule has 1 atom stereocenters. The Balaban J connectivity index is 1.59. The van der Waals surface area contributed by atoms with E-state index in [1.807, 2.05) is 30.3 Å². The van der Waals surface area contributed by atoms with E-state index in [2.05, 4.69) is 0 Å². The highest BCUT2D eigenvalue weighted by molar-refractivity contribution is 6.30. The Kier molecular flexibility index (Phi) is 5.93. The van der Waals surface area contributed by atoms with Crippen LogP contribution in [0.4, 0.5) is 0 Å². The minimum Gasteiger partial charge on any atom is -0.445 e. The van der Waals surface area contributed by atoms with Gasteiger partial charge in [-0.05, 0) is 49.4 Å². The maximum atomic E-state index is 13.7. The van der Waals surface area contributed by atoms with E-state index in [1.165, 1.54) is 0 Å². The lowest BCUT2D eigenvalue weighted by atomic mass is 9.89. The molecule has 0 radical (unpaired) electrons. The number of halogens is 1. The number of para-hydroxylation sites is 1. The molecule has 164 valence electrons. The van der Waals surface area contributed by atoms with Gasteiger partial charge >= 0.3 is 5.97 Å². The van der Waals surface area contributed by atoms with Gasteiger partial charge < -0.3 is 4.74 Å². The normalized spacial score (nSPS) is 13.8. The number of aryl methyl sites for hydroxylation is 1. The van der Waals surface area contributed by atoms with E-state index in [9.17, 15) is 9.59 Å². The number of Topliss-reactive ketones (excluding diaryl/α,β-unsaturated/α-hetero) is 1. The molecule has 0 saturated heterocycles. The minimum atomic E-state index is -1.08. The summed E-state index contributed by atoms with van der Waals surface area (Å²) in [5.74, 6) is -0.783. The van der Waals surface area contributed by atoms with Gasteiger partial charge in [0.05, 0.1) is 11.1 Å². The molecule has 4 aromatic rings. The van der Waals surface area contributed by atoms with Gasteiger partial charge in [-0.3, -0.25) is 9.78 Å². The van der Waals surface area contributed by atoms with Gasteiger partial charge in [0, 0.05) is 27.2 Å². The van der Waals surface area contributed by atoms with Gasteiger partial charge in [-0.1, -0.05) is 72.3 Å². The summed E-state index contributed by atoms with van der Waals surface area (Å²) in [7, 11) is 0. The number of benzene rings is 3. The summed E-state index contributed by atoms with van der Waals surface area (Å²) in [6.07, 6.45) is 2.58. The standard InChI is InChI=1S/C28H22ClNO3/c29-20-16-14-19(15-17-20)27(26(31)18-8-2-1-3-9-18)33-28(32)25-21-10-4-6-12-23(21)30-24-13-7-5-11-22(24)25/h1-4,6,8-10,12,14-17,27H,5,7,11,13H2/t27-/m0/s1. The molecule has 3 aromatic carbocycles. The Bertz CT molecular complexity index is 1330. The number of ether oxygens (including phenoxy) is 1. The molecule has 33 heavy (non-hydrogen) atoms. The quantitative estimate of drug-likeness (QED) is 0.253. The highest BCUT2D eigenvalue weighted by atomic mass is 35.5. The first kappa shape index (κ1) is 21.4. The van der Waals surface area contributed by atoms with E-state index in [0.717, 1.165) is 47.8 Å². The van der Waals surface area contributed by atoms with Gasteiger partial charge in [-0.25, -0.2) is 4.79 Å². The van der Waals surface area contributed by atoms with Crippen LogP contribution in [0.2, 0.25) is 5.02 Å². The topological polar surface area (TPSA) is 56.3 Å². The van der Waals surface area contributed by atoms with E-state index in [4.69, 9.17) is 21.3 Å². The Morgan fingerprint density at radius 3 is 2.33 bits per heavy atom. The molecule has 0 amide bonds. The summed E-state index contributed by atoms with van der Waals surface area (Å²) in [5, 5.41) is 1.30. The predicted molar refractivity (Wildman–Crippen MR) is 129 cm³/mol. The summed E-state index contributed by atoms with van der Waals surface area (Å²) in [6, 6.07) is 23.3. The van der Waals surface area contributed by atoms with Crippen molar-refractivity contribution in [1.82, 2.24) is 4.98 Å². The van der Waals surface area contributed by atoms with E-state index in [-0.39, 0.29) is 5.78 Å². The van der Waals surface area contributed by atoms with Crippen LogP contribution in [-0.2, 0) is 17.6 Å². The second-order valence-electron chi connectivity index (χ2n) is 8.20. The van der Waals surface area contributed by atoms with Crippen molar-refractivity contribution in [3.63, 3.8) is 0 Å². The molecule has 1 aliphatic carbocycles. The Morgan fingerprint density at radius 1 is 0.848 bits per heavy atom. The van der Waals surface area contributed by atoms with Crippen LogP contribution in [0, 0.1) is 0 Å². The number of hydrogen-bond acceptors (Lipinski definition) is 4. The molecule has 1 aromatic heterocycles. The van der Waals surface area contributed by atoms with Crippen molar-refractivity contribution in [3.8, 4) is 0 Å². The van der Waals surface area contributed by atoms with Crippen LogP contribution in [0.15, 0.2) is 78.9 Å². The zero-order chi connectivity index (χ0) is 22.8. The highest BCUT2D eigenvalue weighted by Crippen LogP contribution is 2.32. The number of pyridine rings is 1. The van der Waals surface area contributed by atoms with Gasteiger partial charge in [-0.2, -0.15) is 0 Å². The lowest BCUT2D eigenvalue weighted by Crippen LogP contribution is -2.22. The molecular weight excluding hydrogens is 434 g/mol. The van der Waals surface area contributed by atoms with Crippen LogP contribution < -0.4 is 0 Å². The zero-order valence-electron chi connectivity index (χ0n) is 18.0. The number of carbonyl (C=O) groups is 2. The maximum Gasteiger partial charge on any atom is 0.340 e. The largest absolute Gasteiger partial charge is 0.445 e. The summed E-state index contributed by atoms with van der Waals surface area (Å²) in [4.78, 5) is 31.9. The van der Waals surface area contributed by atoms with Crippen molar-refractivity contribution < 1.29 is 14.3 Å². The highest BCUT2D eigenvalue weighted by Gasteiger charge is 2.30. The molecule has 5 rings (SSSR count). The molecule has 0 bridgehead atoms. The van der Waals surface area contributed by atoms with E-state index in [1.54, 1.807) is 48.5 Å². The van der Waals surface area contributed by atoms with Crippen molar-refractivity contribution in [2.24, 2.45) is 0 Å². The van der Waals surface area contributed by atoms with E-state index in [0.29, 0.717) is 21.7 Å². The third kappa shape index (κ3) is 4.27. The van der Waals surface area contributed by atoms with Crippen molar-refractivity contribution in [3.05, 3.63) is 112 Å². The number of esters is 1. The number of carbonyl (C=O) groups excluding carboxylic acids is 2. The number of nitrogens with zero attached hydrogens (tertiary/aromatic N) is 1. The van der Waals surface area contributed by atoms with Crippen molar-refractivity contribution in [2.75, 3.05) is 0 Å². The maximum absolute atomic E-state index is 13.7. The van der Waals surface area contributed by atoms with Gasteiger partial charge in [0.25, 0.3) is 0 Å². The summed E-state index contributed by atoms with van der Waals surface area (Å²) >= 11 is 6.06. The van der Waals surface area contributed by atoms with Crippen LogP contribution in [0.3, 0.4) is 0 Å². The second kappa shape index (κ2) is 9.16. The molecule has 0 aliphatic heterocycles. The van der Waals surface area contributed by atoms with Crippen LogP contribution in [-0.4, -0.2) is 16.7 Å². The third-order valence-electron chi connectivity index (χ3n) is 6.07. The van der Waals surface area contributed by atoms with E-state index < -0.39 is 12.1 Å². The van der Waals surface area contributed by atoms with E-state index >= 15 is 0 Å². The number of ketones is 1. The summed E-state index contributed by atoms with van der Waals surface area (Å²) in [6.45, 7) is 0. The summed E-state index contributed by atoms with van der Waals surface area (Å²) in [5.41, 5.74) is 4.23. The monoisotopic (exact) mass is 455 g/mol. The number of hydrogen-bond donors (Lipinski definition) is 0. The molecule has 0 fully saturated rings. The van der Waals surface area contributed by atoms with Crippen molar-refractivity contribution in [1.29, 1.82) is 0 Å². The smallest absolute Gasteiger partial charge is 0.340 e. The first-order chi connectivity index (χ1) is 16.1. The predicted octanol–water partition coefficient (Wildman–Crippen LogP) is 6.55. The Labute approximate surface area is 197 Å². The minimum absolute atomic E-state index is 0.279. The fourth-order valence-electron chi connectivity index (χ4n) is 4.44. The van der Waals surface area contributed by atoms with Gasteiger partial charge in [-0.15, -0.1) is 0 Å². The molecule has 1 aliphatic rings. The molecule has 1 heterocycles. The Morgan fingerprint density at radius 2 is 1.55 bits per heavy atom. The first-order valence-electron chi connectivity index (χ1n) is 11.1. The van der Waals surface area contributed by atoms with Gasteiger partial charge in [0.1, 0.15) is 0 Å². The van der Waals surface area contributed by atoms with Crippen LogP contribution in [0.1, 0.15) is 56.5 Å². The SMILES string of the molecule is O=C(O[C@H](C(=O)c1ccccc1)c1ccc(Cl)cc1)c1c2c(nc3ccccc13)CCCC2. The van der Waals surface area contributed by atoms with Crippen LogP contribution in [0.25, 0.3) is 10.9 Å². The third-order valence-corrected chi connectivity index (χ3v) is 6.32. The van der Waals surface area contributed by atoms with Crippen LogP contribution >= 0.6 is 11.6 Å². The average molecular weight is 456 g/mol. The van der Waals surface area contributed by atoms with Gasteiger partial charge in [0.2, 0.25) is 5.78 Å². The number of aromatic nitrogens is 1. The van der Waals surface area contributed by atoms with Crippen molar-refractivity contribution in [2.45, 2.75) is 31.8 Å². The molecule has 0 unspecified atom stereocenters. The number of rotatable bonds is 5. The summed E-state index contributed by atoms with van der Waals surface area (Å²) < 4.78 is 5.99. The molecule has 4 nitrogen and oxygen atoms in total. The molecule has 5 heteroatoms. The Hall–Kier alpha value is -3.50.